The zero-order chi connectivity index (χ0) is 50.9. The Morgan fingerprint density at radius 3 is 1.40 bits per heavy atom. The van der Waals surface area contributed by atoms with Gasteiger partial charge in [0.1, 0.15) is 11.2 Å². The van der Waals surface area contributed by atoms with Gasteiger partial charge in [0.25, 0.3) is 0 Å². The van der Waals surface area contributed by atoms with E-state index in [1.54, 1.807) is 0 Å². The van der Waals surface area contributed by atoms with E-state index in [1.807, 2.05) is 0 Å². The van der Waals surface area contributed by atoms with Gasteiger partial charge in [0.2, 0.25) is 0 Å². The normalized spacial score (nSPS) is 13.0. The van der Waals surface area contributed by atoms with Crippen molar-refractivity contribution in [2.45, 2.75) is 32.1 Å². The number of fused-ring (bicyclic) bond motifs is 19. The van der Waals surface area contributed by atoms with Crippen molar-refractivity contribution in [2.75, 3.05) is 9.80 Å². The van der Waals surface area contributed by atoms with Crippen LogP contribution in [0.2, 0.25) is 0 Å². The molecule has 0 atom stereocenters. The van der Waals surface area contributed by atoms with E-state index in [9.17, 15) is 0 Å². The van der Waals surface area contributed by atoms with Crippen molar-refractivity contribution in [1.82, 2.24) is 0 Å². The van der Waals surface area contributed by atoms with E-state index in [2.05, 4.69) is 266 Å². The molecule has 2 aliphatic carbocycles. The summed E-state index contributed by atoms with van der Waals surface area (Å²) in [5.74, 6) is 0. The van der Waals surface area contributed by atoms with Crippen LogP contribution in [0.3, 0.4) is 0 Å². The Labute approximate surface area is 446 Å². The summed E-state index contributed by atoms with van der Waals surface area (Å²) in [7, 11) is 0. The van der Waals surface area contributed by atoms with Gasteiger partial charge in [0.15, 0.2) is 11.2 Å². The zero-order valence-corrected chi connectivity index (χ0v) is 42.7. The second-order valence-corrected chi connectivity index (χ2v) is 20.8. The summed E-state index contributed by atoms with van der Waals surface area (Å²) in [4.78, 5) is 4.83. The molecule has 0 amide bonds. The van der Waals surface area contributed by atoms with Gasteiger partial charge in [-0.3, -0.25) is 0 Å². The zero-order valence-electron chi connectivity index (χ0n) is 42.7. The van der Waals surface area contributed by atoms with Gasteiger partial charge < -0.3 is 18.6 Å². The predicted octanol–water partition coefficient (Wildman–Crippen LogP) is 20.2. The third-order valence-corrected chi connectivity index (χ3v) is 17.0. The quantitative estimate of drug-likeness (QED) is 0.152. The molecule has 4 heteroatoms. The number of rotatable bonds is 8. The summed E-state index contributed by atoms with van der Waals surface area (Å²) in [6.07, 6.45) is 1.78. The first kappa shape index (κ1) is 43.7. The van der Waals surface area contributed by atoms with Gasteiger partial charge in [0, 0.05) is 44.0 Å². The molecule has 4 nitrogen and oxygen atoms in total. The lowest BCUT2D eigenvalue weighted by Crippen LogP contribution is -2.26. The first-order chi connectivity index (χ1) is 38.1. The monoisotopic (exact) mass is 986 g/mol. The second-order valence-electron chi connectivity index (χ2n) is 20.8. The molecule has 0 N–H and O–H groups in total. The molecule has 0 aliphatic heterocycles. The average molecular weight is 987 g/mol. The van der Waals surface area contributed by atoms with Gasteiger partial charge in [-0.2, -0.15) is 0 Å². The first-order valence-electron chi connectivity index (χ1n) is 27.0. The number of para-hydroxylation sites is 6. The topological polar surface area (TPSA) is 32.8 Å². The summed E-state index contributed by atoms with van der Waals surface area (Å²) in [6.45, 7) is 4.40. The molecule has 77 heavy (non-hydrogen) atoms. The Hall–Kier alpha value is -9.64. The molecule has 0 unspecified atom stereocenters. The van der Waals surface area contributed by atoms with Crippen molar-refractivity contribution in [3.63, 3.8) is 0 Å². The summed E-state index contributed by atoms with van der Waals surface area (Å²) in [5.41, 5.74) is 21.9. The third-order valence-electron chi connectivity index (χ3n) is 17.0. The van der Waals surface area contributed by atoms with Crippen LogP contribution in [0.4, 0.5) is 34.1 Å². The van der Waals surface area contributed by atoms with Crippen LogP contribution >= 0.6 is 0 Å². The number of aryl methyl sites for hydroxylation is 2. The summed E-state index contributed by atoms with van der Waals surface area (Å²) in [6, 6.07) is 89.7. The van der Waals surface area contributed by atoms with Crippen molar-refractivity contribution in [2.24, 2.45) is 0 Å². The lowest BCUT2D eigenvalue weighted by molar-refractivity contribution is 0.663. The van der Waals surface area contributed by atoms with Crippen molar-refractivity contribution < 1.29 is 8.83 Å². The third kappa shape index (κ3) is 6.10. The van der Waals surface area contributed by atoms with Gasteiger partial charge in [-0.15, -0.1) is 0 Å². The highest BCUT2D eigenvalue weighted by atomic mass is 16.3. The lowest BCUT2D eigenvalue weighted by atomic mass is 9.70. The van der Waals surface area contributed by atoms with Crippen LogP contribution in [-0.4, -0.2) is 0 Å². The molecule has 364 valence electrons. The molecule has 2 aliphatic rings. The molecule has 0 bridgehead atoms. The number of hydrogen-bond donors (Lipinski definition) is 0. The number of benzene rings is 12. The van der Waals surface area contributed by atoms with Crippen molar-refractivity contribution in [1.29, 1.82) is 0 Å². The van der Waals surface area contributed by atoms with E-state index in [1.165, 1.54) is 77.2 Å². The van der Waals surface area contributed by atoms with E-state index >= 15 is 0 Å². The molecule has 14 aromatic rings. The maximum absolute atomic E-state index is 7.09. The maximum atomic E-state index is 7.09. The van der Waals surface area contributed by atoms with Crippen LogP contribution in [-0.2, 0) is 18.3 Å². The van der Waals surface area contributed by atoms with E-state index in [0.29, 0.717) is 0 Å². The van der Waals surface area contributed by atoms with Crippen molar-refractivity contribution in [3.05, 3.63) is 276 Å². The smallest absolute Gasteiger partial charge is 0.159 e. The van der Waals surface area contributed by atoms with Gasteiger partial charge in [0.05, 0.1) is 22.5 Å². The molecule has 12 aromatic carbocycles. The van der Waals surface area contributed by atoms with Crippen LogP contribution in [0, 0.1) is 0 Å². The fourth-order valence-electron chi connectivity index (χ4n) is 13.7. The molecular weight excluding hydrogens is 937 g/mol. The minimum Gasteiger partial charge on any atom is -0.454 e. The van der Waals surface area contributed by atoms with Crippen molar-refractivity contribution in [3.8, 4) is 22.3 Å². The molecule has 2 aromatic heterocycles. The fraction of sp³-hybridized carbons (Fsp3) is 0.0685. The molecule has 0 saturated carbocycles. The standard InChI is InChI=1S/C73H50N2O2/c1-3-45-21-17-31-56-58-33-19-37-65(71(58)76-69(45)56)74(49-23-7-5-8-24-49)51-40-39-47-42-60-63(43-48(47)41-51)73(61-35-15-13-27-52(61)53-28-14-16-36-62(53)73)64-44-67(54-29-11-12-30-55(54)68(60)64)75(50-25-9-6-10-26-50)66-38-20-34-59-57-32-18-22-46(4-2)70(57)77-72(59)66/h5-44H,3-4H2,1-2H3. The maximum Gasteiger partial charge on any atom is 0.159 e. The molecule has 2 heterocycles. The van der Waals surface area contributed by atoms with Crippen LogP contribution in [0.25, 0.3) is 87.7 Å². The molecule has 0 fully saturated rings. The highest BCUT2D eigenvalue weighted by Crippen LogP contribution is 2.65. The first-order valence-corrected chi connectivity index (χ1v) is 27.0. The summed E-state index contributed by atoms with van der Waals surface area (Å²) in [5, 5.41) is 9.23. The Bertz CT molecular complexity index is 4690. The molecule has 1 spiro atoms. The van der Waals surface area contributed by atoms with Crippen LogP contribution in [0.15, 0.2) is 251 Å². The predicted molar refractivity (Wildman–Crippen MR) is 320 cm³/mol. The summed E-state index contributed by atoms with van der Waals surface area (Å²) >= 11 is 0. The van der Waals surface area contributed by atoms with Crippen molar-refractivity contribution >= 4 is 99.5 Å². The van der Waals surface area contributed by atoms with E-state index in [4.69, 9.17) is 8.83 Å². The number of anilines is 6. The second kappa shape index (κ2) is 16.7. The Balaban J connectivity index is 0.977. The van der Waals surface area contributed by atoms with Gasteiger partial charge in [-0.05, 0) is 151 Å². The van der Waals surface area contributed by atoms with Crippen LogP contribution < -0.4 is 9.80 Å². The summed E-state index contributed by atoms with van der Waals surface area (Å²) < 4.78 is 14.0. The largest absolute Gasteiger partial charge is 0.454 e. The SMILES string of the molecule is CCc1cccc2c1oc1c(N(c3ccccc3)c3ccc4cc5c(cc4c3)C3(c4ccccc4-c4ccccc43)c3cc(N(c4ccccc4)c4cccc6c4oc4c(CC)cccc46)c4ccccc4c3-5)cccc12. The number of furan rings is 2. The fourth-order valence-corrected chi connectivity index (χ4v) is 13.7. The highest BCUT2D eigenvalue weighted by Gasteiger charge is 2.52. The van der Waals surface area contributed by atoms with E-state index in [0.717, 1.165) is 90.8 Å². The lowest BCUT2D eigenvalue weighted by Gasteiger charge is -2.33. The Morgan fingerprint density at radius 1 is 0.312 bits per heavy atom. The molecular formula is C73H50N2O2. The van der Waals surface area contributed by atoms with Crippen LogP contribution in [0.1, 0.15) is 47.2 Å². The minimum absolute atomic E-state index is 0.652. The van der Waals surface area contributed by atoms with Gasteiger partial charge in [-0.25, -0.2) is 0 Å². The average Bonchev–Trinajstić information content (AvgIpc) is 4.35. The van der Waals surface area contributed by atoms with Crippen LogP contribution in [0.5, 0.6) is 0 Å². The Morgan fingerprint density at radius 2 is 0.805 bits per heavy atom. The molecule has 16 rings (SSSR count). The Kier molecular flexibility index (Phi) is 9.47. The molecule has 0 saturated heterocycles. The number of hydrogen-bond acceptors (Lipinski definition) is 4. The van der Waals surface area contributed by atoms with Gasteiger partial charge in [-0.1, -0.05) is 190 Å². The number of nitrogens with zero attached hydrogens (tertiary/aromatic N) is 2. The highest BCUT2D eigenvalue weighted by molar-refractivity contribution is 6.17. The molecule has 0 radical (unpaired) electrons. The minimum atomic E-state index is -0.652. The van der Waals surface area contributed by atoms with Gasteiger partial charge >= 0.3 is 0 Å². The van der Waals surface area contributed by atoms with E-state index < -0.39 is 5.41 Å². The van der Waals surface area contributed by atoms with E-state index in [-0.39, 0.29) is 0 Å².